The van der Waals surface area contributed by atoms with E-state index in [1.807, 2.05) is 0 Å². The van der Waals surface area contributed by atoms with Crippen molar-refractivity contribution < 1.29 is 0 Å². The van der Waals surface area contributed by atoms with Crippen LogP contribution in [0.4, 0.5) is 0 Å². The number of hydrogen-bond donors (Lipinski definition) is 1. The van der Waals surface area contributed by atoms with Crippen molar-refractivity contribution in [2.75, 3.05) is 6.54 Å². The minimum Gasteiger partial charge on any atom is -0.312 e. The van der Waals surface area contributed by atoms with Crippen molar-refractivity contribution in [3.05, 3.63) is 47.0 Å². The summed E-state index contributed by atoms with van der Waals surface area (Å²) in [7, 11) is 0. The molecule has 0 heterocycles. The summed E-state index contributed by atoms with van der Waals surface area (Å²) in [5.41, 5.74) is 4.51. The van der Waals surface area contributed by atoms with Crippen LogP contribution in [0.5, 0.6) is 0 Å². The van der Waals surface area contributed by atoms with Crippen molar-refractivity contribution in [1.82, 2.24) is 5.32 Å². The third-order valence-electron chi connectivity index (χ3n) is 3.21. The number of benzene rings is 1. The molecule has 0 saturated carbocycles. The molecule has 0 amide bonds. The highest BCUT2D eigenvalue weighted by atomic mass is 14.9. The van der Waals surface area contributed by atoms with Gasteiger partial charge >= 0.3 is 0 Å². The molecule has 0 bridgehead atoms. The lowest BCUT2D eigenvalue weighted by Crippen LogP contribution is -2.36. The quantitative estimate of drug-likeness (QED) is 0.585. The summed E-state index contributed by atoms with van der Waals surface area (Å²) < 4.78 is 0. The van der Waals surface area contributed by atoms with Crippen LogP contribution in [0, 0.1) is 0 Å². The standard InChI is InChI=1S/C18H29N/c1-6-16-9-11-17(12-10-16)14-15(2)8-7-13-19-18(3,4)5/h8-12,19H,6-7,13-14H2,1-5H3. The summed E-state index contributed by atoms with van der Waals surface area (Å²) in [6.07, 6.45) is 5.65. The van der Waals surface area contributed by atoms with E-state index in [9.17, 15) is 0 Å². The molecule has 0 saturated heterocycles. The smallest absolute Gasteiger partial charge is 0.00966 e. The van der Waals surface area contributed by atoms with Crippen LogP contribution < -0.4 is 5.32 Å². The monoisotopic (exact) mass is 259 g/mol. The van der Waals surface area contributed by atoms with Gasteiger partial charge in [0.2, 0.25) is 0 Å². The van der Waals surface area contributed by atoms with E-state index in [1.165, 1.54) is 16.7 Å². The average Bonchev–Trinajstić information content (AvgIpc) is 2.34. The Labute approximate surface area is 119 Å². The molecule has 1 aromatic rings. The van der Waals surface area contributed by atoms with E-state index >= 15 is 0 Å². The Hall–Kier alpha value is -1.08. The third-order valence-corrected chi connectivity index (χ3v) is 3.21. The Morgan fingerprint density at radius 1 is 1.11 bits per heavy atom. The summed E-state index contributed by atoms with van der Waals surface area (Å²) in [5.74, 6) is 0. The van der Waals surface area contributed by atoms with Gasteiger partial charge in [0.05, 0.1) is 0 Å². The average molecular weight is 259 g/mol. The largest absolute Gasteiger partial charge is 0.312 e. The van der Waals surface area contributed by atoms with Gasteiger partial charge in [-0.2, -0.15) is 0 Å². The fourth-order valence-corrected chi connectivity index (χ4v) is 2.05. The van der Waals surface area contributed by atoms with Crippen molar-refractivity contribution in [3.8, 4) is 0 Å². The topological polar surface area (TPSA) is 12.0 Å². The van der Waals surface area contributed by atoms with Crippen molar-refractivity contribution in [2.45, 2.75) is 59.4 Å². The first kappa shape index (κ1) is 16.0. The molecule has 1 aromatic carbocycles. The van der Waals surface area contributed by atoms with E-state index in [0.29, 0.717) is 0 Å². The molecule has 1 N–H and O–H groups in total. The number of hydrogen-bond acceptors (Lipinski definition) is 1. The first-order chi connectivity index (χ1) is 8.90. The molecule has 1 rings (SSSR count). The zero-order chi connectivity index (χ0) is 14.3. The SMILES string of the molecule is CCc1ccc(CC(C)=CCCNC(C)(C)C)cc1. The van der Waals surface area contributed by atoms with E-state index in [-0.39, 0.29) is 5.54 Å². The zero-order valence-corrected chi connectivity index (χ0v) is 13.2. The summed E-state index contributed by atoms with van der Waals surface area (Å²) in [4.78, 5) is 0. The maximum atomic E-state index is 3.51. The molecule has 19 heavy (non-hydrogen) atoms. The predicted octanol–water partition coefficient (Wildman–Crippen LogP) is 4.52. The molecule has 0 aromatic heterocycles. The van der Waals surface area contributed by atoms with E-state index in [0.717, 1.165) is 25.8 Å². The van der Waals surface area contributed by atoms with Crippen LogP contribution in [0.25, 0.3) is 0 Å². The van der Waals surface area contributed by atoms with Crippen LogP contribution in [-0.2, 0) is 12.8 Å². The number of rotatable bonds is 6. The van der Waals surface area contributed by atoms with Crippen LogP contribution >= 0.6 is 0 Å². The molecule has 0 unspecified atom stereocenters. The Morgan fingerprint density at radius 3 is 2.21 bits per heavy atom. The zero-order valence-electron chi connectivity index (χ0n) is 13.2. The first-order valence-corrected chi connectivity index (χ1v) is 7.39. The van der Waals surface area contributed by atoms with E-state index in [1.54, 1.807) is 0 Å². The van der Waals surface area contributed by atoms with E-state index < -0.39 is 0 Å². The van der Waals surface area contributed by atoms with Crippen molar-refractivity contribution in [1.29, 1.82) is 0 Å². The molecule has 0 atom stereocenters. The third kappa shape index (κ3) is 7.17. The van der Waals surface area contributed by atoms with Crippen molar-refractivity contribution in [3.63, 3.8) is 0 Å². The minimum absolute atomic E-state index is 0.220. The molecule has 0 spiro atoms. The molecule has 0 aliphatic heterocycles. The van der Waals surface area contributed by atoms with Crippen LogP contribution in [0.15, 0.2) is 35.9 Å². The van der Waals surface area contributed by atoms with Gasteiger partial charge < -0.3 is 5.32 Å². The van der Waals surface area contributed by atoms with Crippen LogP contribution in [-0.4, -0.2) is 12.1 Å². The Kier molecular flexibility index (Phi) is 6.30. The second-order valence-electron chi connectivity index (χ2n) is 6.36. The molecule has 0 aliphatic rings. The van der Waals surface area contributed by atoms with Gasteiger partial charge in [-0.1, -0.05) is 42.8 Å². The lowest BCUT2D eigenvalue weighted by molar-refractivity contribution is 0.431. The van der Waals surface area contributed by atoms with Crippen LogP contribution in [0.3, 0.4) is 0 Å². The van der Waals surface area contributed by atoms with Crippen LogP contribution in [0.1, 0.15) is 52.2 Å². The molecular formula is C18H29N. The number of allylic oxidation sites excluding steroid dienone is 1. The first-order valence-electron chi connectivity index (χ1n) is 7.39. The highest BCUT2D eigenvalue weighted by Gasteiger charge is 2.06. The second-order valence-corrected chi connectivity index (χ2v) is 6.36. The van der Waals surface area contributed by atoms with Gasteiger partial charge in [0.1, 0.15) is 0 Å². The summed E-state index contributed by atoms with van der Waals surface area (Å²) >= 11 is 0. The molecule has 0 aliphatic carbocycles. The highest BCUT2D eigenvalue weighted by molar-refractivity contribution is 5.25. The fourth-order valence-electron chi connectivity index (χ4n) is 2.05. The van der Waals surface area contributed by atoms with Crippen molar-refractivity contribution in [2.24, 2.45) is 0 Å². The Morgan fingerprint density at radius 2 is 1.68 bits per heavy atom. The van der Waals surface area contributed by atoms with Gasteiger partial charge in [-0.15, -0.1) is 0 Å². The molecule has 1 heteroatoms. The van der Waals surface area contributed by atoms with Crippen LogP contribution in [0.2, 0.25) is 0 Å². The summed E-state index contributed by atoms with van der Waals surface area (Å²) in [6.45, 7) is 12.1. The number of aryl methyl sites for hydroxylation is 1. The maximum Gasteiger partial charge on any atom is 0.00966 e. The molecule has 0 fully saturated rings. The fraction of sp³-hybridized carbons (Fsp3) is 0.556. The maximum absolute atomic E-state index is 3.51. The normalized spacial score (nSPS) is 12.8. The Balaban J connectivity index is 2.38. The lowest BCUT2D eigenvalue weighted by atomic mass is 10.0. The van der Waals surface area contributed by atoms with Gasteiger partial charge in [0.25, 0.3) is 0 Å². The lowest BCUT2D eigenvalue weighted by Gasteiger charge is -2.19. The second kappa shape index (κ2) is 7.49. The Bertz CT molecular complexity index is 393. The predicted molar refractivity (Wildman–Crippen MR) is 85.7 cm³/mol. The van der Waals surface area contributed by atoms with Crippen molar-refractivity contribution >= 4 is 0 Å². The van der Waals surface area contributed by atoms with Gasteiger partial charge in [-0.3, -0.25) is 0 Å². The summed E-state index contributed by atoms with van der Waals surface area (Å²) in [6, 6.07) is 8.99. The summed E-state index contributed by atoms with van der Waals surface area (Å²) in [5, 5.41) is 3.51. The van der Waals surface area contributed by atoms with Gasteiger partial charge in [-0.05, 0) is 64.6 Å². The van der Waals surface area contributed by atoms with E-state index in [4.69, 9.17) is 0 Å². The molecule has 0 radical (unpaired) electrons. The van der Waals surface area contributed by atoms with Gasteiger partial charge in [-0.25, -0.2) is 0 Å². The molecule has 1 nitrogen and oxygen atoms in total. The molecular weight excluding hydrogens is 230 g/mol. The minimum atomic E-state index is 0.220. The van der Waals surface area contributed by atoms with E-state index in [2.05, 4.69) is 70.3 Å². The van der Waals surface area contributed by atoms with Gasteiger partial charge in [0.15, 0.2) is 0 Å². The van der Waals surface area contributed by atoms with Gasteiger partial charge in [0, 0.05) is 5.54 Å². The number of nitrogens with one attached hydrogen (secondary N) is 1. The molecule has 106 valence electrons. The highest BCUT2D eigenvalue weighted by Crippen LogP contribution is 2.10.